The Morgan fingerprint density at radius 3 is 1.21 bits per heavy atom. The van der Waals surface area contributed by atoms with E-state index in [-0.39, 0.29) is 11.5 Å². The third-order valence-corrected chi connectivity index (χ3v) is 8.88. The van der Waals surface area contributed by atoms with Gasteiger partial charge in [-0.2, -0.15) is 0 Å². The number of aryl methyl sites for hydroxylation is 2. The lowest BCUT2D eigenvalue weighted by molar-refractivity contribution is -0.132. The van der Waals surface area contributed by atoms with E-state index in [0.717, 1.165) is 49.7 Å². The Morgan fingerprint density at radius 1 is 0.500 bits per heavy atom. The molecule has 0 bridgehead atoms. The van der Waals surface area contributed by atoms with Gasteiger partial charge in [-0.3, -0.25) is 9.59 Å². The quantitative estimate of drug-likeness (QED) is 0.0607. The Hall–Kier alpha value is -4.06. The summed E-state index contributed by atoms with van der Waals surface area (Å²) in [6.45, 7) is 6.96. The van der Waals surface area contributed by atoms with E-state index in [4.69, 9.17) is 9.47 Å². The zero-order chi connectivity index (χ0) is 34.5. The Labute approximate surface area is 284 Å². The van der Waals surface area contributed by atoms with Gasteiger partial charge in [-0.25, -0.2) is 8.78 Å². The van der Waals surface area contributed by atoms with Gasteiger partial charge in [-0.1, -0.05) is 102 Å². The van der Waals surface area contributed by atoms with Crippen LogP contribution >= 0.6 is 0 Å². The number of carbonyl (C=O) groups is 2. The first-order valence-corrected chi connectivity index (χ1v) is 17.8. The summed E-state index contributed by atoms with van der Waals surface area (Å²) >= 11 is 0. The number of hydrogen-bond donors (Lipinski definition) is 0. The van der Waals surface area contributed by atoms with Crippen LogP contribution < -0.4 is 9.47 Å². The molecule has 48 heavy (non-hydrogen) atoms. The van der Waals surface area contributed by atoms with Gasteiger partial charge < -0.3 is 9.47 Å². The average Bonchev–Trinajstić information content (AvgIpc) is 3.05. The van der Waals surface area contributed by atoms with Crippen molar-refractivity contribution in [2.24, 2.45) is 0 Å². The molecule has 4 nitrogen and oxygen atoms in total. The highest BCUT2D eigenvalue weighted by atomic mass is 19.1. The summed E-state index contributed by atoms with van der Waals surface area (Å²) in [5.74, 6) is -1.67. The van der Waals surface area contributed by atoms with E-state index in [2.05, 4.69) is 13.8 Å². The van der Waals surface area contributed by atoms with Gasteiger partial charge in [0.05, 0.1) is 0 Å². The van der Waals surface area contributed by atoms with Gasteiger partial charge in [0.2, 0.25) is 0 Å². The highest BCUT2D eigenvalue weighted by Crippen LogP contribution is 2.45. The number of unbranched alkanes of at least 4 members (excludes halogenated alkanes) is 10. The molecule has 6 heteroatoms. The van der Waals surface area contributed by atoms with E-state index >= 15 is 8.78 Å². The van der Waals surface area contributed by atoms with Crippen LogP contribution in [0.2, 0.25) is 0 Å². The molecule has 0 N–H and O–H groups in total. The van der Waals surface area contributed by atoms with Crippen molar-refractivity contribution >= 4 is 22.7 Å². The first-order chi connectivity index (χ1) is 23.2. The van der Waals surface area contributed by atoms with Gasteiger partial charge in [-0.15, -0.1) is 0 Å². The highest BCUT2D eigenvalue weighted by molar-refractivity contribution is 6.04. The lowest BCUT2D eigenvalue weighted by atomic mass is 9.93. The Morgan fingerprint density at radius 2 is 0.854 bits per heavy atom. The number of carbonyl (C=O) groups excluding carboxylic acids is 2. The van der Waals surface area contributed by atoms with E-state index in [1.807, 2.05) is 12.1 Å². The fourth-order valence-electron chi connectivity index (χ4n) is 6.37. The molecule has 0 aliphatic heterocycles. The van der Waals surface area contributed by atoms with E-state index in [1.54, 1.807) is 48.5 Å². The van der Waals surface area contributed by atoms with Gasteiger partial charge in [0.15, 0.2) is 0 Å². The second-order valence-electron chi connectivity index (χ2n) is 12.8. The van der Waals surface area contributed by atoms with Crippen molar-refractivity contribution in [3.63, 3.8) is 0 Å². The SMILES string of the molecule is CCCCCCCCc1ccc(-c2ccc3c(OC(C)=O)c(-c4ccc(CCCCCCCC)cc4F)ccc3c2OC(C)=O)c(F)c1. The number of hydrogen-bond acceptors (Lipinski definition) is 4. The Kier molecular flexibility index (Phi) is 14.2. The van der Waals surface area contributed by atoms with Crippen molar-refractivity contribution in [2.45, 2.75) is 118 Å². The molecule has 0 aliphatic rings. The zero-order valence-corrected chi connectivity index (χ0v) is 29.1. The smallest absolute Gasteiger partial charge is 0.308 e. The largest absolute Gasteiger partial charge is 0.425 e. The van der Waals surface area contributed by atoms with Crippen molar-refractivity contribution in [2.75, 3.05) is 0 Å². The molecule has 0 spiro atoms. The second-order valence-corrected chi connectivity index (χ2v) is 12.8. The summed E-state index contributed by atoms with van der Waals surface area (Å²) in [5.41, 5.74) is 3.22. The number of esters is 2. The normalized spacial score (nSPS) is 11.2. The molecule has 4 rings (SSSR count). The highest BCUT2D eigenvalue weighted by Gasteiger charge is 2.22. The van der Waals surface area contributed by atoms with Crippen molar-refractivity contribution < 1.29 is 27.8 Å². The molecule has 0 heterocycles. The third kappa shape index (κ3) is 9.98. The van der Waals surface area contributed by atoms with Gasteiger partial charge in [0.25, 0.3) is 0 Å². The van der Waals surface area contributed by atoms with Crippen molar-refractivity contribution in [1.29, 1.82) is 0 Å². The molecule has 0 radical (unpaired) electrons. The molecule has 0 fully saturated rings. The predicted molar refractivity (Wildman–Crippen MR) is 192 cm³/mol. The Bertz CT molecular complexity index is 1570. The van der Waals surface area contributed by atoms with E-state index in [9.17, 15) is 9.59 Å². The van der Waals surface area contributed by atoms with Crippen LogP contribution in [0.3, 0.4) is 0 Å². The monoisotopic (exact) mass is 656 g/mol. The molecule has 256 valence electrons. The molecule has 0 unspecified atom stereocenters. The van der Waals surface area contributed by atoms with Crippen LogP contribution in [0.15, 0.2) is 60.7 Å². The third-order valence-electron chi connectivity index (χ3n) is 8.88. The van der Waals surface area contributed by atoms with Crippen LogP contribution in [-0.4, -0.2) is 11.9 Å². The molecule has 0 aliphatic carbocycles. The van der Waals surface area contributed by atoms with E-state index in [1.165, 1.54) is 65.2 Å². The van der Waals surface area contributed by atoms with Gasteiger partial charge >= 0.3 is 11.9 Å². The molecule has 0 saturated carbocycles. The van der Waals surface area contributed by atoms with Crippen molar-refractivity contribution in [3.8, 4) is 33.8 Å². The van der Waals surface area contributed by atoms with Crippen molar-refractivity contribution in [3.05, 3.63) is 83.4 Å². The first kappa shape index (κ1) is 36.8. The first-order valence-electron chi connectivity index (χ1n) is 17.8. The molecule has 0 saturated heterocycles. The molecule has 0 atom stereocenters. The van der Waals surface area contributed by atoms with Crippen molar-refractivity contribution in [1.82, 2.24) is 0 Å². The number of rotatable bonds is 18. The summed E-state index contributed by atoms with van der Waals surface area (Å²) in [6.07, 6.45) is 15.5. The van der Waals surface area contributed by atoms with Crippen LogP contribution in [0.25, 0.3) is 33.0 Å². The molecular weight excluding hydrogens is 606 g/mol. The number of benzene rings is 4. The minimum Gasteiger partial charge on any atom is -0.425 e. The summed E-state index contributed by atoms with van der Waals surface area (Å²) in [7, 11) is 0. The van der Waals surface area contributed by atoms with Crippen LogP contribution in [0.5, 0.6) is 11.5 Å². The molecule has 4 aromatic rings. The van der Waals surface area contributed by atoms with E-state index < -0.39 is 23.6 Å². The maximum absolute atomic E-state index is 15.6. The standard InChI is InChI=1S/C42H50F2O4/c1-5-7-9-11-13-15-17-31-19-21-33(39(43)27-31)35-23-25-38-37(41(35)47-29(3)45)26-24-36(42(38)48-30(4)46)34-22-20-32(28-40(34)44)18-16-14-12-10-8-6-2/h19-28H,5-18H2,1-4H3. The predicted octanol–water partition coefficient (Wildman–Crippen LogP) is 12.1. The topological polar surface area (TPSA) is 52.6 Å². The molecule has 0 amide bonds. The maximum atomic E-state index is 15.6. The van der Waals surface area contributed by atoms with Crippen LogP contribution in [-0.2, 0) is 22.4 Å². The summed E-state index contributed by atoms with van der Waals surface area (Å²) < 4.78 is 42.7. The summed E-state index contributed by atoms with van der Waals surface area (Å²) in [4.78, 5) is 24.6. The molecule has 4 aromatic carbocycles. The molecule has 0 aromatic heterocycles. The Balaban J connectivity index is 1.67. The zero-order valence-electron chi connectivity index (χ0n) is 29.1. The number of halogens is 2. The average molecular weight is 657 g/mol. The second kappa shape index (κ2) is 18.5. The fraction of sp³-hybridized carbons (Fsp3) is 0.429. The number of fused-ring (bicyclic) bond motifs is 1. The van der Waals surface area contributed by atoms with Gasteiger partial charge in [-0.05, 0) is 73.2 Å². The van der Waals surface area contributed by atoms with Gasteiger partial charge in [0, 0.05) is 46.9 Å². The van der Waals surface area contributed by atoms with Crippen LogP contribution in [0.4, 0.5) is 8.78 Å². The maximum Gasteiger partial charge on any atom is 0.308 e. The lowest BCUT2D eigenvalue weighted by Crippen LogP contribution is -2.06. The van der Waals surface area contributed by atoms with E-state index in [0.29, 0.717) is 33.0 Å². The lowest BCUT2D eigenvalue weighted by Gasteiger charge is -2.18. The minimum atomic E-state index is -0.575. The van der Waals surface area contributed by atoms with Crippen LogP contribution in [0, 0.1) is 11.6 Å². The fourth-order valence-corrected chi connectivity index (χ4v) is 6.37. The summed E-state index contributed by atoms with van der Waals surface area (Å²) in [5, 5.41) is 0.886. The van der Waals surface area contributed by atoms with Crippen LogP contribution in [0.1, 0.15) is 116 Å². The summed E-state index contributed by atoms with van der Waals surface area (Å²) in [6, 6.07) is 17.1. The number of ether oxygens (including phenoxy) is 2. The minimum absolute atomic E-state index is 0.150. The van der Waals surface area contributed by atoms with Gasteiger partial charge in [0.1, 0.15) is 23.1 Å². The molecular formula is C42H50F2O4.